The number of hydrazine groups is 1. The highest BCUT2D eigenvalue weighted by atomic mass is 79.9. The highest BCUT2D eigenvalue weighted by Crippen LogP contribution is 2.29. The molecule has 0 saturated heterocycles. The predicted octanol–water partition coefficient (Wildman–Crippen LogP) is 3.47. The zero-order valence-corrected chi connectivity index (χ0v) is 13.7. The van der Waals surface area contributed by atoms with Gasteiger partial charge in [-0.25, -0.2) is 0 Å². The normalized spacial score (nSPS) is 11.0. The number of carbonyl (C=O) groups excluding carboxylic acids is 2. The van der Waals surface area contributed by atoms with Gasteiger partial charge in [0.1, 0.15) is 0 Å². The van der Waals surface area contributed by atoms with Crippen molar-refractivity contribution >= 4 is 27.7 Å². The van der Waals surface area contributed by atoms with Gasteiger partial charge in [0.05, 0.1) is 12.0 Å². The highest BCUT2D eigenvalue weighted by molar-refractivity contribution is 9.10. The molecule has 24 heavy (non-hydrogen) atoms. The van der Waals surface area contributed by atoms with Crippen molar-refractivity contribution in [1.82, 2.24) is 10.9 Å². The van der Waals surface area contributed by atoms with E-state index in [9.17, 15) is 22.8 Å². The van der Waals surface area contributed by atoms with Crippen molar-refractivity contribution in [3.63, 3.8) is 0 Å². The van der Waals surface area contributed by atoms with Crippen LogP contribution in [-0.2, 0) is 17.4 Å². The van der Waals surface area contributed by atoms with E-state index < -0.39 is 23.6 Å². The molecule has 126 valence electrons. The van der Waals surface area contributed by atoms with Crippen molar-refractivity contribution in [2.24, 2.45) is 0 Å². The second-order valence-corrected chi connectivity index (χ2v) is 5.80. The Hall–Kier alpha value is -2.35. The number of carbonyl (C=O) groups is 2. The van der Waals surface area contributed by atoms with Gasteiger partial charge in [-0.3, -0.25) is 20.4 Å². The van der Waals surface area contributed by atoms with Crippen LogP contribution >= 0.6 is 15.9 Å². The van der Waals surface area contributed by atoms with E-state index in [2.05, 4.69) is 26.8 Å². The van der Waals surface area contributed by atoms with Gasteiger partial charge in [0.15, 0.2) is 0 Å². The summed E-state index contributed by atoms with van der Waals surface area (Å²) in [5, 5.41) is 0. The van der Waals surface area contributed by atoms with E-state index in [1.54, 1.807) is 24.3 Å². The van der Waals surface area contributed by atoms with E-state index in [1.807, 2.05) is 0 Å². The van der Waals surface area contributed by atoms with E-state index in [-0.39, 0.29) is 12.0 Å². The molecule has 2 amide bonds. The molecule has 4 nitrogen and oxygen atoms in total. The Morgan fingerprint density at radius 1 is 1.00 bits per heavy atom. The topological polar surface area (TPSA) is 58.2 Å². The molecule has 0 spiro atoms. The zero-order chi connectivity index (χ0) is 17.7. The summed E-state index contributed by atoms with van der Waals surface area (Å²) in [6, 6.07) is 10.9. The van der Waals surface area contributed by atoms with Crippen LogP contribution in [0.15, 0.2) is 53.0 Å². The number of nitrogens with one attached hydrogen (secondary N) is 2. The number of hydrogen-bond donors (Lipinski definition) is 2. The summed E-state index contributed by atoms with van der Waals surface area (Å²) >= 11 is 3.23. The van der Waals surface area contributed by atoms with Crippen LogP contribution < -0.4 is 10.9 Å². The Morgan fingerprint density at radius 3 is 2.29 bits per heavy atom. The van der Waals surface area contributed by atoms with Gasteiger partial charge in [-0.2, -0.15) is 13.2 Å². The summed E-state index contributed by atoms with van der Waals surface area (Å²) < 4.78 is 38.6. The van der Waals surface area contributed by atoms with Crippen LogP contribution in [0.25, 0.3) is 0 Å². The lowest BCUT2D eigenvalue weighted by atomic mass is 10.1. The third-order valence-electron chi connectivity index (χ3n) is 3.04. The van der Waals surface area contributed by atoms with E-state index in [0.29, 0.717) is 5.56 Å². The van der Waals surface area contributed by atoms with E-state index in [1.165, 1.54) is 12.1 Å². The second kappa shape index (κ2) is 7.48. The molecule has 2 aromatic carbocycles. The molecule has 2 aromatic rings. The van der Waals surface area contributed by atoms with Crippen LogP contribution in [0, 0.1) is 0 Å². The molecule has 0 radical (unpaired) electrons. The van der Waals surface area contributed by atoms with Crippen molar-refractivity contribution in [2.45, 2.75) is 12.6 Å². The van der Waals surface area contributed by atoms with Gasteiger partial charge < -0.3 is 0 Å². The van der Waals surface area contributed by atoms with E-state index in [4.69, 9.17) is 0 Å². The summed E-state index contributed by atoms with van der Waals surface area (Å²) in [6.07, 6.45) is -4.76. The first-order valence-electron chi connectivity index (χ1n) is 6.76. The molecule has 0 bridgehead atoms. The average Bonchev–Trinajstić information content (AvgIpc) is 2.53. The maximum absolute atomic E-state index is 12.6. The number of hydrogen-bond acceptors (Lipinski definition) is 2. The van der Waals surface area contributed by atoms with Gasteiger partial charge in [0.25, 0.3) is 5.91 Å². The van der Waals surface area contributed by atoms with Crippen molar-refractivity contribution in [3.8, 4) is 0 Å². The van der Waals surface area contributed by atoms with Crippen LogP contribution in [-0.4, -0.2) is 11.8 Å². The number of amides is 2. The maximum atomic E-state index is 12.6. The lowest BCUT2D eigenvalue weighted by Crippen LogP contribution is -2.42. The first kappa shape index (κ1) is 18.0. The fourth-order valence-electron chi connectivity index (χ4n) is 1.89. The lowest BCUT2D eigenvalue weighted by molar-refractivity contribution is -0.137. The first-order chi connectivity index (χ1) is 11.3. The molecule has 0 aliphatic heterocycles. The smallest absolute Gasteiger partial charge is 0.273 e. The summed E-state index contributed by atoms with van der Waals surface area (Å²) in [5.41, 5.74) is 4.08. The maximum Gasteiger partial charge on any atom is 0.416 e. The molecule has 0 unspecified atom stereocenters. The number of rotatable bonds is 3. The van der Waals surface area contributed by atoms with E-state index in [0.717, 1.165) is 16.6 Å². The molecular formula is C16H12BrF3N2O2. The zero-order valence-electron chi connectivity index (χ0n) is 12.2. The molecule has 0 aliphatic rings. The van der Waals surface area contributed by atoms with Crippen LogP contribution in [0.3, 0.4) is 0 Å². The summed E-state index contributed by atoms with van der Waals surface area (Å²) in [4.78, 5) is 23.6. The molecule has 0 saturated carbocycles. The van der Waals surface area contributed by atoms with Gasteiger partial charge in [0.2, 0.25) is 5.91 Å². The van der Waals surface area contributed by atoms with Crippen LogP contribution in [0.2, 0.25) is 0 Å². The standard InChI is InChI=1S/C16H12BrF3N2O2/c17-13-6-4-11(5-7-13)15(24)22-21-14(23)9-10-2-1-3-12(8-10)16(18,19)20/h1-8H,9H2,(H,21,23)(H,22,24). The van der Waals surface area contributed by atoms with Crippen molar-refractivity contribution in [3.05, 3.63) is 69.7 Å². The monoisotopic (exact) mass is 400 g/mol. The lowest BCUT2D eigenvalue weighted by Gasteiger charge is -2.10. The number of alkyl halides is 3. The van der Waals surface area contributed by atoms with Gasteiger partial charge in [-0.05, 0) is 35.9 Å². The molecule has 2 N–H and O–H groups in total. The molecule has 8 heteroatoms. The summed E-state index contributed by atoms with van der Waals surface area (Å²) in [7, 11) is 0. The minimum atomic E-state index is -4.47. The van der Waals surface area contributed by atoms with Gasteiger partial charge in [-0.15, -0.1) is 0 Å². The highest BCUT2D eigenvalue weighted by Gasteiger charge is 2.30. The molecule has 0 aliphatic carbocycles. The van der Waals surface area contributed by atoms with Gasteiger partial charge >= 0.3 is 6.18 Å². The number of benzene rings is 2. The Labute approximate surface area is 144 Å². The third-order valence-corrected chi connectivity index (χ3v) is 3.57. The largest absolute Gasteiger partial charge is 0.416 e. The summed E-state index contributed by atoms with van der Waals surface area (Å²) in [6.45, 7) is 0. The first-order valence-corrected chi connectivity index (χ1v) is 7.56. The van der Waals surface area contributed by atoms with Crippen molar-refractivity contribution < 1.29 is 22.8 Å². The van der Waals surface area contributed by atoms with Crippen molar-refractivity contribution in [1.29, 1.82) is 0 Å². The van der Waals surface area contributed by atoms with Crippen LogP contribution in [0.1, 0.15) is 21.5 Å². The average molecular weight is 401 g/mol. The number of halogens is 4. The second-order valence-electron chi connectivity index (χ2n) is 4.88. The molecule has 0 aromatic heterocycles. The van der Waals surface area contributed by atoms with E-state index >= 15 is 0 Å². The Morgan fingerprint density at radius 2 is 1.67 bits per heavy atom. The Kier molecular flexibility index (Phi) is 5.61. The minimum Gasteiger partial charge on any atom is -0.273 e. The Bertz CT molecular complexity index is 746. The van der Waals surface area contributed by atoms with Crippen LogP contribution in [0.4, 0.5) is 13.2 Å². The molecule has 0 atom stereocenters. The fourth-order valence-corrected chi connectivity index (χ4v) is 2.15. The predicted molar refractivity (Wildman–Crippen MR) is 84.9 cm³/mol. The molecule has 2 rings (SSSR count). The quantitative estimate of drug-likeness (QED) is 0.774. The van der Waals surface area contributed by atoms with Crippen molar-refractivity contribution in [2.75, 3.05) is 0 Å². The molecular weight excluding hydrogens is 389 g/mol. The fraction of sp³-hybridized carbons (Fsp3) is 0.125. The van der Waals surface area contributed by atoms with Gasteiger partial charge in [0, 0.05) is 10.0 Å². The molecule has 0 heterocycles. The Balaban J connectivity index is 1.92. The van der Waals surface area contributed by atoms with Crippen LogP contribution in [0.5, 0.6) is 0 Å². The third kappa shape index (κ3) is 5.09. The summed E-state index contributed by atoms with van der Waals surface area (Å²) in [5.74, 6) is -1.15. The SMILES string of the molecule is O=C(Cc1cccc(C(F)(F)F)c1)NNC(=O)c1ccc(Br)cc1. The van der Waals surface area contributed by atoms with Gasteiger partial charge in [-0.1, -0.05) is 34.1 Å². The minimum absolute atomic E-state index is 0.195. The molecule has 0 fully saturated rings.